The van der Waals surface area contributed by atoms with Crippen LogP contribution < -0.4 is 0 Å². The molecule has 0 nitrogen and oxygen atoms in total. The van der Waals surface area contributed by atoms with Gasteiger partial charge >= 0.3 is 0 Å². The Morgan fingerprint density at radius 1 is 1.44 bits per heavy atom. The highest BCUT2D eigenvalue weighted by Crippen LogP contribution is 2.10. The summed E-state index contributed by atoms with van der Waals surface area (Å²) < 4.78 is 8.44. The molecule has 48 valence electrons. The molecule has 1 aromatic rings. The van der Waals surface area contributed by atoms with Crippen LogP contribution in [0.2, 0.25) is 0 Å². The van der Waals surface area contributed by atoms with Gasteiger partial charge in [-0.1, -0.05) is 35.0 Å². The second kappa shape index (κ2) is 3.02. The Labute approximate surface area is 65.4 Å². The second-order valence-corrected chi connectivity index (χ2v) is 2.76. The zero-order chi connectivity index (χ0) is 7.56. The molecule has 0 N–H and O–H groups in total. The molecule has 0 bridgehead atoms. The van der Waals surface area contributed by atoms with Gasteiger partial charge in [0.05, 0.1) is 0 Å². The molecule has 1 atom stereocenters. The van der Waals surface area contributed by atoms with Crippen LogP contribution in [0.25, 0.3) is 0 Å². The molecule has 0 radical (unpaired) electrons. The Morgan fingerprint density at radius 2 is 2.00 bits per heavy atom. The van der Waals surface area contributed by atoms with E-state index in [4.69, 9.17) is 1.37 Å². The van der Waals surface area contributed by atoms with E-state index in [0.717, 1.165) is 10.0 Å². The van der Waals surface area contributed by atoms with Gasteiger partial charge in [-0.2, -0.15) is 0 Å². The lowest BCUT2D eigenvalue weighted by molar-refractivity contribution is 1.14. The molecule has 0 aliphatic carbocycles. The van der Waals surface area contributed by atoms with Crippen LogP contribution in [0.3, 0.4) is 0 Å². The van der Waals surface area contributed by atoms with Crippen LogP contribution in [-0.4, -0.2) is 0 Å². The summed E-state index contributed by atoms with van der Waals surface area (Å²) in [6.45, 7) is 1.86. The molecule has 9 heavy (non-hydrogen) atoms. The van der Waals surface area contributed by atoms with Gasteiger partial charge in [-0.05, 0) is 24.1 Å². The van der Waals surface area contributed by atoms with Crippen LogP contribution in [-0.2, 0) is 6.40 Å². The first kappa shape index (κ1) is 5.48. The lowest BCUT2D eigenvalue weighted by Gasteiger charge is -1.93. The first-order chi connectivity index (χ1) is 4.70. The Hall–Kier alpha value is -0.300. The van der Waals surface area contributed by atoms with Gasteiger partial charge in [0.1, 0.15) is 0 Å². The van der Waals surface area contributed by atoms with E-state index in [9.17, 15) is 0 Å². The van der Waals surface area contributed by atoms with E-state index in [-0.39, 0.29) is 6.40 Å². The molecule has 0 heterocycles. The van der Waals surface area contributed by atoms with E-state index >= 15 is 0 Å². The number of hydrogen-bond acceptors (Lipinski definition) is 0. The standard InChI is InChI=1S/C8H9Br/c1-2-7-3-5-8(9)6-4-7/h3-6H,2H2,1H3/i2D. The molecule has 0 aliphatic heterocycles. The molecule has 0 aliphatic rings. The van der Waals surface area contributed by atoms with E-state index in [1.165, 1.54) is 0 Å². The van der Waals surface area contributed by atoms with Gasteiger partial charge < -0.3 is 0 Å². The normalized spacial score (nSPS) is 14.7. The van der Waals surface area contributed by atoms with Gasteiger partial charge in [0.2, 0.25) is 0 Å². The van der Waals surface area contributed by atoms with Gasteiger partial charge in [0.25, 0.3) is 0 Å². The summed E-state index contributed by atoms with van der Waals surface area (Å²) in [4.78, 5) is 0. The van der Waals surface area contributed by atoms with Crippen LogP contribution >= 0.6 is 15.9 Å². The van der Waals surface area contributed by atoms with Crippen molar-refractivity contribution in [3.8, 4) is 0 Å². The summed E-state index contributed by atoms with van der Waals surface area (Å²) in [5, 5.41) is 0. The Morgan fingerprint density at radius 3 is 2.44 bits per heavy atom. The van der Waals surface area contributed by atoms with E-state index < -0.39 is 0 Å². The molecule has 0 aromatic heterocycles. The van der Waals surface area contributed by atoms with E-state index in [2.05, 4.69) is 15.9 Å². The van der Waals surface area contributed by atoms with Crippen molar-refractivity contribution in [2.45, 2.75) is 13.3 Å². The van der Waals surface area contributed by atoms with E-state index in [1.54, 1.807) is 0 Å². The summed E-state index contributed by atoms with van der Waals surface area (Å²) in [6.07, 6.45) is -0.118. The first-order valence-corrected chi connectivity index (χ1v) is 3.67. The zero-order valence-electron chi connectivity index (χ0n) is 6.26. The Balaban J connectivity index is 2.89. The third kappa shape index (κ3) is 1.83. The maximum atomic E-state index is 7.37. The first-order valence-electron chi connectivity index (χ1n) is 3.45. The van der Waals surface area contributed by atoms with Crippen LogP contribution in [0.5, 0.6) is 0 Å². The van der Waals surface area contributed by atoms with Crippen LogP contribution in [0.1, 0.15) is 13.9 Å². The Kier molecular flexibility index (Phi) is 1.84. The predicted octanol–water partition coefficient (Wildman–Crippen LogP) is 3.01. The van der Waals surface area contributed by atoms with Crippen molar-refractivity contribution in [2.24, 2.45) is 0 Å². The van der Waals surface area contributed by atoms with Crippen LogP contribution in [0.15, 0.2) is 28.7 Å². The van der Waals surface area contributed by atoms with Gasteiger partial charge in [-0.3, -0.25) is 0 Å². The lowest BCUT2D eigenvalue weighted by Crippen LogP contribution is -1.75. The molecule has 1 unspecified atom stereocenters. The van der Waals surface area contributed by atoms with Crippen molar-refractivity contribution in [3.63, 3.8) is 0 Å². The molecule has 0 amide bonds. The molecule has 0 saturated carbocycles. The fraction of sp³-hybridized carbons (Fsp3) is 0.250. The highest BCUT2D eigenvalue weighted by Gasteiger charge is 1.86. The average molecular weight is 186 g/mol. The largest absolute Gasteiger partial charge is 0.0613 e. The minimum absolute atomic E-state index is 0.118. The summed E-state index contributed by atoms with van der Waals surface area (Å²) >= 11 is 3.33. The maximum Gasteiger partial charge on any atom is 0.0313 e. The van der Waals surface area contributed by atoms with Gasteiger partial charge in [-0.25, -0.2) is 0 Å². The minimum Gasteiger partial charge on any atom is -0.0613 e. The zero-order valence-corrected chi connectivity index (χ0v) is 6.85. The molecule has 1 rings (SSSR count). The van der Waals surface area contributed by atoms with Crippen molar-refractivity contribution in [2.75, 3.05) is 0 Å². The van der Waals surface area contributed by atoms with Crippen molar-refractivity contribution in [3.05, 3.63) is 34.3 Å². The molecular formula is C8H9Br. The van der Waals surface area contributed by atoms with Gasteiger partial charge in [0.15, 0.2) is 0 Å². The van der Waals surface area contributed by atoms with E-state index in [0.29, 0.717) is 0 Å². The van der Waals surface area contributed by atoms with Gasteiger partial charge in [0, 0.05) is 5.84 Å². The highest BCUT2D eigenvalue weighted by molar-refractivity contribution is 9.10. The number of halogens is 1. The number of aryl methyl sites for hydroxylation is 1. The Bertz CT molecular complexity index is 203. The SMILES string of the molecule is [2H]C(C)c1ccc(Br)cc1. The van der Waals surface area contributed by atoms with Crippen molar-refractivity contribution >= 4 is 15.9 Å². The quantitative estimate of drug-likeness (QED) is 0.632. The molecule has 0 spiro atoms. The van der Waals surface area contributed by atoms with Crippen molar-refractivity contribution in [1.82, 2.24) is 0 Å². The van der Waals surface area contributed by atoms with Crippen LogP contribution in [0, 0.1) is 0 Å². The van der Waals surface area contributed by atoms with Crippen molar-refractivity contribution in [1.29, 1.82) is 0 Å². The highest BCUT2D eigenvalue weighted by atomic mass is 79.9. The summed E-state index contributed by atoms with van der Waals surface area (Å²) in [5.74, 6) is 0. The maximum absolute atomic E-state index is 7.37. The molecular weight excluding hydrogens is 176 g/mol. The second-order valence-electron chi connectivity index (χ2n) is 1.84. The van der Waals surface area contributed by atoms with Gasteiger partial charge in [-0.15, -0.1) is 0 Å². The number of hydrogen-bond donors (Lipinski definition) is 0. The monoisotopic (exact) mass is 185 g/mol. The van der Waals surface area contributed by atoms with E-state index in [1.807, 2.05) is 31.2 Å². The molecule has 0 fully saturated rings. The average Bonchev–Trinajstić information content (AvgIpc) is 1.88. The number of rotatable bonds is 1. The fourth-order valence-corrected chi connectivity index (χ4v) is 0.920. The molecule has 1 aromatic carbocycles. The predicted molar refractivity (Wildman–Crippen MR) is 43.5 cm³/mol. The molecule has 0 saturated heterocycles. The third-order valence-electron chi connectivity index (χ3n) is 1.20. The fourth-order valence-electron chi connectivity index (χ4n) is 0.655. The third-order valence-corrected chi connectivity index (χ3v) is 1.73. The lowest BCUT2D eigenvalue weighted by atomic mass is 10.2. The molecule has 1 heteroatoms. The summed E-state index contributed by atoms with van der Waals surface area (Å²) in [7, 11) is 0. The topological polar surface area (TPSA) is 0 Å². The van der Waals surface area contributed by atoms with Crippen molar-refractivity contribution < 1.29 is 1.37 Å². The van der Waals surface area contributed by atoms with Crippen LogP contribution in [0.4, 0.5) is 0 Å². The summed E-state index contributed by atoms with van der Waals surface area (Å²) in [6, 6.07) is 7.84. The number of benzene rings is 1. The minimum atomic E-state index is -0.118. The summed E-state index contributed by atoms with van der Waals surface area (Å²) in [5.41, 5.74) is 1.06. The smallest absolute Gasteiger partial charge is 0.0313 e.